The van der Waals surface area contributed by atoms with Crippen LogP contribution in [0.2, 0.25) is 0 Å². The van der Waals surface area contributed by atoms with E-state index in [9.17, 15) is 0 Å². The van der Waals surface area contributed by atoms with Crippen LogP contribution in [-0.4, -0.2) is 17.1 Å². The van der Waals surface area contributed by atoms with Gasteiger partial charge in [-0.05, 0) is 36.8 Å². The van der Waals surface area contributed by atoms with E-state index in [2.05, 4.69) is 42.5 Å². The van der Waals surface area contributed by atoms with Gasteiger partial charge < -0.3 is 9.15 Å². The maximum atomic E-state index is 6.28. The molecular formula is C26H18N2O2. The summed E-state index contributed by atoms with van der Waals surface area (Å²) in [4.78, 5) is 10.00. The van der Waals surface area contributed by atoms with Crippen molar-refractivity contribution in [2.24, 2.45) is 0 Å². The van der Waals surface area contributed by atoms with E-state index in [0.717, 1.165) is 60.9 Å². The van der Waals surface area contributed by atoms with E-state index in [0.29, 0.717) is 5.58 Å². The fraction of sp³-hybridized carbons (Fsp3) is 0.0769. The molecule has 0 amide bonds. The van der Waals surface area contributed by atoms with Gasteiger partial charge in [-0.1, -0.05) is 48.5 Å². The molecule has 0 aliphatic rings. The molecule has 0 unspecified atom stereocenters. The monoisotopic (exact) mass is 390 g/mol. The quantitative estimate of drug-likeness (QED) is 0.310. The summed E-state index contributed by atoms with van der Waals surface area (Å²) in [5.74, 6) is 0.779. The molecule has 0 aliphatic carbocycles. The van der Waals surface area contributed by atoms with E-state index in [4.69, 9.17) is 19.1 Å². The van der Waals surface area contributed by atoms with Crippen molar-refractivity contribution in [3.05, 3.63) is 78.5 Å². The van der Waals surface area contributed by atoms with Gasteiger partial charge in [0.2, 0.25) is 0 Å². The third-order valence-corrected chi connectivity index (χ3v) is 5.68. The summed E-state index contributed by atoms with van der Waals surface area (Å²) in [7, 11) is 1.66. The summed E-state index contributed by atoms with van der Waals surface area (Å²) in [6, 6.07) is 24.5. The van der Waals surface area contributed by atoms with E-state index in [1.165, 1.54) is 0 Å². The average Bonchev–Trinajstić information content (AvgIpc) is 3.16. The Morgan fingerprint density at radius 3 is 2.43 bits per heavy atom. The highest BCUT2D eigenvalue weighted by Crippen LogP contribution is 2.41. The van der Waals surface area contributed by atoms with Crippen LogP contribution in [0.4, 0.5) is 0 Å². The lowest BCUT2D eigenvalue weighted by Crippen LogP contribution is -1.94. The number of furan rings is 1. The highest BCUT2D eigenvalue weighted by molar-refractivity contribution is 6.19. The van der Waals surface area contributed by atoms with Crippen LogP contribution < -0.4 is 4.74 Å². The number of para-hydroxylation sites is 1. The Bertz CT molecular complexity index is 1580. The van der Waals surface area contributed by atoms with Crippen molar-refractivity contribution < 1.29 is 9.15 Å². The number of hydrogen-bond acceptors (Lipinski definition) is 4. The van der Waals surface area contributed by atoms with E-state index in [1.807, 2.05) is 37.3 Å². The van der Waals surface area contributed by atoms with Crippen LogP contribution in [0.3, 0.4) is 0 Å². The molecule has 4 nitrogen and oxygen atoms in total. The van der Waals surface area contributed by atoms with Crippen LogP contribution in [-0.2, 0) is 0 Å². The Morgan fingerprint density at radius 1 is 0.800 bits per heavy atom. The number of rotatable bonds is 2. The van der Waals surface area contributed by atoms with Crippen LogP contribution >= 0.6 is 0 Å². The predicted molar refractivity (Wildman–Crippen MR) is 121 cm³/mol. The minimum absolute atomic E-state index is 0.710. The Labute approximate surface area is 172 Å². The fourth-order valence-electron chi connectivity index (χ4n) is 4.32. The lowest BCUT2D eigenvalue weighted by molar-refractivity contribution is 0.415. The molecule has 0 saturated heterocycles. The highest BCUT2D eigenvalue weighted by atomic mass is 16.5. The Morgan fingerprint density at radius 2 is 1.60 bits per heavy atom. The number of hydrogen-bond donors (Lipinski definition) is 0. The standard InChI is InChI=1S/C26H18N2O2/c1-15-22-23(16-8-4-3-5-9-16)18-10-6-7-11-20(18)28-25(22)26-24(27-15)19-14-17(29-2)12-13-21(19)30-26/h3-14H,1-2H3. The van der Waals surface area contributed by atoms with E-state index < -0.39 is 0 Å². The molecule has 30 heavy (non-hydrogen) atoms. The van der Waals surface area contributed by atoms with Crippen molar-refractivity contribution in [2.45, 2.75) is 6.92 Å². The predicted octanol–water partition coefficient (Wildman–Crippen LogP) is 6.67. The van der Waals surface area contributed by atoms with Crippen LogP contribution in [0.5, 0.6) is 5.75 Å². The highest BCUT2D eigenvalue weighted by Gasteiger charge is 2.20. The van der Waals surface area contributed by atoms with Gasteiger partial charge in [0.25, 0.3) is 0 Å². The van der Waals surface area contributed by atoms with E-state index in [1.54, 1.807) is 7.11 Å². The van der Waals surface area contributed by atoms with Crippen LogP contribution in [0.1, 0.15) is 5.69 Å². The van der Waals surface area contributed by atoms with Crippen molar-refractivity contribution >= 4 is 43.9 Å². The lowest BCUT2D eigenvalue weighted by atomic mass is 9.95. The van der Waals surface area contributed by atoms with Crippen molar-refractivity contribution in [1.29, 1.82) is 0 Å². The molecule has 0 aliphatic heterocycles. The molecule has 0 spiro atoms. The van der Waals surface area contributed by atoms with Gasteiger partial charge in [-0.3, -0.25) is 0 Å². The number of benzene rings is 3. The normalized spacial score (nSPS) is 11.7. The largest absolute Gasteiger partial charge is 0.497 e. The molecule has 0 fully saturated rings. The summed E-state index contributed by atoms with van der Waals surface area (Å²) in [5, 5.41) is 3.07. The number of aryl methyl sites for hydroxylation is 1. The first-order valence-electron chi connectivity index (χ1n) is 9.89. The molecule has 3 heterocycles. The first kappa shape index (κ1) is 17.0. The summed E-state index contributed by atoms with van der Waals surface area (Å²) in [6.45, 7) is 2.05. The first-order valence-corrected chi connectivity index (χ1v) is 9.89. The Balaban J connectivity index is 1.86. The SMILES string of the molecule is COc1ccc2oc3c4nc5ccccc5c(-c5ccccc5)c4c(C)nc3c2c1. The molecule has 3 aromatic carbocycles. The third kappa shape index (κ3) is 2.34. The minimum Gasteiger partial charge on any atom is -0.497 e. The summed E-state index contributed by atoms with van der Waals surface area (Å²) in [6.07, 6.45) is 0. The number of pyridine rings is 2. The maximum Gasteiger partial charge on any atom is 0.180 e. The van der Waals surface area contributed by atoms with Crippen molar-refractivity contribution in [3.8, 4) is 16.9 Å². The lowest BCUT2D eigenvalue weighted by Gasteiger charge is -2.13. The molecule has 6 aromatic rings. The topological polar surface area (TPSA) is 48.2 Å². The number of aromatic nitrogens is 2. The van der Waals surface area contributed by atoms with Crippen LogP contribution in [0, 0.1) is 6.92 Å². The molecule has 6 rings (SSSR count). The number of nitrogens with zero attached hydrogens (tertiary/aromatic N) is 2. The molecule has 0 radical (unpaired) electrons. The van der Waals surface area contributed by atoms with Gasteiger partial charge in [0.1, 0.15) is 22.4 Å². The second-order valence-electron chi connectivity index (χ2n) is 7.43. The molecular weight excluding hydrogens is 372 g/mol. The molecule has 3 aromatic heterocycles. The number of fused-ring (bicyclic) bond motifs is 6. The zero-order valence-electron chi connectivity index (χ0n) is 16.6. The second-order valence-corrected chi connectivity index (χ2v) is 7.43. The molecule has 0 atom stereocenters. The van der Waals surface area contributed by atoms with Gasteiger partial charge >= 0.3 is 0 Å². The van der Waals surface area contributed by atoms with Gasteiger partial charge in [-0.15, -0.1) is 0 Å². The van der Waals surface area contributed by atoms with Crippen LogP contribution in [0.15, 0.2) is 77.2 Å². The van der Waals surface area contributed by atoms with Gasteiger partial charge in [0.15, 0.2) is 5.58 Å². The first-order chi connectivity index (χ1) is 14.7. The number of methoxy groups -OCH3 is 1. The second kappa shape index (κ2) is 6.29. The zero-order chi connectivity index (χ0) is 20.2. The molecule has 4 heteroatoms. The van der Waals surface area contributed by atoms with Crippen molar-refractivity contribution in [2.75, 3.05) is 7.11 Å². The van der Waals surface area contributed by atoms with E-state index >= 15 is 0 Å². The molecule has 144 valence electrons. The molecule has 0 N–H and O–H groups in total. The minimum atomic E-state index is 0.710. The van der Waals surface area contributed by atoms with Gasteiger partial charge in [-0.25, -0.2) is 9.97 Å². The summed E-state index contributed by atoms with van der Waals surface area (Å²) >= 11 is 0. The third-order valence-electron chi connectivity index (χ3n) is 5.68. The zero-order valence-corrected chi connectivity index (χ0v) is 16.6. The van der Waals surface area contributed by atoms with Crippen molar-refractivity contribution in [3.63, 3.8) is 0 Å². The van der Waals surface area contributed by atoms with Crippen LogP contribution in [0.25, 0.3) is 55.0 Å². The average molecular weight is 390 g/mol. The maximum absolute atomic E-state index is 6.28. The fourth-order valence-corrected chi connectivity index (χ4v) is 4.32. The molecule has 0 bridgehead atoms. The van der Waals surface area contributed by atoms with Gasteiger partial charge in [0, 0.05) is 22.0 Å². The van der Waals surface area contributed by atoms with Gasteiger partial charge in [0.05, 0.1) is 18.0 Å². The Hall–Kier alpha value is -3.92. The Kier molecular flexibility index (Phi) is 3.56. The summed E-state index contributed by atoms with van der Waals surface area (Å²) < 4.78 is 11.7. The smallest absolute Gasteiger partial charge is 0.180 e. The summed E-state index contributed by atoms with van der Waals surface area (Å²) in [5.41, 5.74) is 7.29. The van der Waals surface area contributed by atoms with Gasteiger partial charge in [-0.2, -0.15) is 0 Å². The number of ether oxygens (including phenoxy) is 1. The molecule has 0 saturated carbocycles. The van der Waals surface area contributed by atoms with E-state index in [-0.39, 0.29) is 0 Å². The van der Waals surface area contributed by atoms with Crippen molar-refractivity contribution in [1.82, 2.24) is 9.97 Å².